The van der Waals surface area contributed by atoms with Crippen molar-refractivity contribution in [3.63, 3.8) is 0 Å². The molecule has 0 heterocycles. The molecule has 1 unspecified atom stereocenters. The SMILES string of the molecule is CC(C)CC1(c2cccc(-c3ccccc3)c2)c2ccccc2-c2ccc(-c3c4ccccc4c(-c4ccc(-c5cc(-c6ccccc6)cc(-c6ccccc6)c5)c5ccccc45)c4ccccc34)cc21. The zero-order valence-electron chi connectivity index (χ0n) is 40.1. The van der Waals surface area contributed by atoms with Gasteiger partial charge >= 0.3 is 0 Å². The van der Waals surface area contributed by atoms with E-state index in [9.17, 15) is 0 Å². The van der Waals surface area contributed by atoms with E-state index in [-0.39, 0.29) is 5.41 Å². The van der Waals surface area contributed by atoms with Crippen molar-refractivity contribution in [1.29, 1.82) is 0 Å². The molecular weight excluding hydrogens is 853 g/mol. The van der Waals surface area contributed by atoms with E-state index in [0.717, 1.165) is 6.42 Å². The first kappa shape index (κ1) is 42.5. The maximum Gasteiger partial charge on any atom is 0.0466 e. The van der Waals surface area contributed by atoms with Crippen molar-refractivity contribution in [2.24, 2.45) is 5.92 Å². The van der Waals surface area contributed by atoms with Crippen molar-refractivity contribution < 1.29 is 0 Å². The predicted molar refractivity (Wildman–Crippen MR) is 303 cm³/mol. The highest BCUT2D eigenvalue weighted by molar-refractivity contribution is 6.24. The van der Waals surface area contributed by atoms with Crippen molar-refractivity contribution in [2.45, 2.75) is 25.7 Å². The Morgan fingerprint density at radius 1 is 0.268 bits per heavy atom. The van der Waals surface area contributed by atoms with Crippen LogP contribution < -0.4 is 0 Å². The molecule has 0 aromatic heterocycles. The van der Waals surface area contributed by atoms with Gasteiger partial charge in [-0.2, -0.15) is 0 Å². The van der Waals surface area contributed by atoms with Gasteiger partial charge in [-0.3, -0.25) is 0 Å². The van der Waals surface area contributed by atoms with Crippen LogP contribution >= 0.6 is 0 Å². The van der Waals surface area contributed by atoms with Crippen molar-refractivity contribution in [2.75, 3.05) is 0 Å². The molecule has 13 rings (SSSR count). The molecule has 0 amide bonds. The molecule has 1 aliphatic rings. The van der Waals surface area contributed by atoms with Gasteiger partial charge in [0.1, 0.15) is 0 Å². The first-order chi connectivity index (χ1) is 35.0. The summed E-state index contributed by atoms with van der Waals surface area (Å²) >= 11 is 0. The van der Waals surface area contributed by atoms with Crippen LogP contribution in [0.1, 0.15) is 37.0 Å². The minimum atomic E-state index is -0.338. The van der Waals surface area contributed by atoms with Crippen molar-refractivity contribution in [3.05, 3.63) is 278 Å². The summed E-state index contributed by atoms with van der Waals surface area (Å²) in [7, 11) is 0. The molecule has 0 spiro atoms. The molecule has 336 valence electrons. The Kier molecular flexibility index (Phi) is 10.4. The fraction of sp³-hybridized carbons (Fsp3) is 0.0704. The molecule has 0 bridgehead atoms. The molecule has 12 aromatic carbocycles. The summed E-state index contributed by atoms with van der Waals surface area (Å²) in [5.41, 5.74) is 21.3. The highest BCUT2D eigenvalue weighted by Crippen LogP contribution is 2.57. The minimum absolute atomic E-state index is 0.338. The summed E-state index contributed by atoms with van der Waals surface area (Å²) in [5, 5.41) is 7.50. The van der Waals surface area contributed by atoms with E-state index >= 15 is 0 Å². The Bertz CT molecular complexity index is 3860. The lowest BCUT2D eigenvalue weighted by molar-refractivity contribution is 0.461. The molecule has 1 aliphatic carbocycles. The van der Waals surface area contributed by atoms with Gasteiger partial charge in [0.25, 0.3) is 0 Å². The third kappa shape index (κ3) is 7.13. The molecule has 12 aromatic rings. The van der Waals surface area contributed by atoms with Gasteiger partial charge in [0.05, 0.1) is 0 Å². The number of hydrogen-bond acceptors (Lipinski definition) is 0. The van der Waals surface area contributed by atoms with Crippen LogP contribution in [0, 0.1) is 5.92 Å². The fourth-order valence-electron chi connectivity index (χ4n) is 12.3. The van der Waals surface area contributed by atoms with Crippen LogP contribution in [0.15, 0.2) is 261 Å². The van der Waals surface area contributed by atoms with Gasteiger partial charge < -0.3 is 0 Å². The molecule has 0 heteroatoms. The molecule has 0 nitrogen and oxygen atoms in total. The van der Waals surface area contributed by atoms with Gasteiger partial charge in [-0.15, -0.1) is 0 Å². The van der Waals surface area contributed by atoms with Gasteiger partial charge in [0.2, 0.25) is 0 Å². The maximum absolute atomic E-state index is 2.57. The summed E-state index contributed by atoms with van der Waals surface area (Å²) in [6, 6.07) is 97.5. The lowest BCUT2D eigenvalue weighted by Crippen LogP contribution is -2.29. The molecule has 0 fully saturated rings. The predicted octanol–water partition coefficient (Wildman–Crippen LogP) is 19.5. The molecule has 0 aliphatic heterocycles. The van der Waals surface area contributed by atoms with Crippen LogP contribution in [-0.2, 0) is 5.41 Å². The van der Waals surface area contributed by atoms with E-state index in [1.54, 1.807) is 0 Å². The molecule has 1 atom stereocenters. The highest BCUT2D eigenvalue weighted by atomic mass is 14.5. The third-order valence-corrected chi connectivity index (χ3v) is 15.2. The van der Waals surface area contributed by atoms with Crippen LogP contribution in [0.2, 0.25) is 0 Å². The van der Waals surface area contributed by atoms with Gasteiger partial charge in [0, 0.05) is 5.41 Å². The number of benzene rings is 12. The smallest absolute Gasteiger partial charge is 0.0466 e. The molecular formula is C71H52. The molecule has 0 saturated carbocycles. The van der Waals surface area contributed by atoms with E-state index in [2.05, 4.69) is 275 Å². The molecule has 71 heavy (non-hydrogen) atoms. The number of hydrogen-bond donors (Lipinski definition) is 0. The largest absolute Gasteiger partial charge is 0.0627 e. The van der Waals surface area contributed by atoms with Crippen LogP contribution in [0.5, 0.6) is 0 Å². The molecule has 0 N–H and O–H groups in total. The Balaban J connectivity index is 1.02. The summed E-state index contributed by atoms with van der Waals surface area (Å²) in [6.07, 6.45) is 0.992. The van der Waals surface area contributed by atoms with Crippen LogP contribution in [0.3, 0.4) is 0 Å². The Hall–Kier alpha value is -8.58. The van der Waals surface area contributed by atoms with Crippen molar-refractivity contribution >= 4 is 32.3 Å². The van der Waals surface area contributed by atoms with Crippen molar-refractivity contribution in [1.82, 2.24) is 0 Å². The van der Waals surface area contributed by atoms with E-state index in [0.29, 0.717) is 5.92 Å². The lowest BCUT2D eigenvalue weighted by Gasteiger charge is -2.35. The zero-order valence-corrected chi connectivity index (χ0v) is 40.1. The summed E-state index contributed by atoms with van der Waals surface area (Å²) < 4.78 is 0. The number of rotatable bonds is 9. The lowest BCUT2D eigenvalue weighted by atomic mass is 9.67. The van der Waals surface area contributed by atoms with E-state index in [1.165, 1.54) is 127 Å². The van der Waals surface area contributed by atoms with Gasteiger partial charge in [0.15, 0.2) is 0 Å². The zero-order chi connectivity index (χ0) is 47.5. The standard InChI is InChI=1S/C71H52/c1-47(2)46-71(56-28-20-27-51(44-56)48-21-6-3-7-22-48)67-36-19-18-31-60(67)61-38-37-52(45-68(61)71)69-62-32-14-16-34-64(62)70(65-35-17-15-33-63(65)69)66-40-39-57(58-29-12-13-30-59(58)66)55-42-53(49-23-8-4-9-24-49)41-54(43-55)50-25-10-5-11-26-50/h3-45,47H,46H2,1-2H3. The summed E-state index contributed by atoms with van der Waals surface area (Å²) in [5.74, 6) is 0.443. The third-order valence-electron chi connectivity index (χ3n) is 15.2. The summed E-state index contributed by atoms with van der Waals surface area (Å²) in [6.45, 7) is 4.76. The highest BCUT2D eigenvalue weighted by Gasteiger charge is 2.45. The Morgan fingerprint density at radius 3 is 1.30 bits per heavy atom. The topological polar surface area (TPSA) is 0 Å². The minimum Gasteiger partial charge on any atom is -0.0627 e. The maximum atomic E-state index is 2.57. The van der Waals surface area contributed by atoms with Crippen molar-refractivity contribution in [3.8, 4) is 77.9 Å². The van der Waals surface area contributed by atoms with E-state index < -0.39 is 0 Å². The van der Waals surface area contributed by atoms with Crippen LogP contribution in [0.4, 0.5) is 0 Å². The first-order valence-corrected chi connectivity index (χ1v) is 25.2. The normalized spacial score (nSPS) is 14.0. The second kappa shape index (κ2) is 17.4. The fourth-order valence-corrected chi connectivity index (χ4v) is 12.3. The van der Waals surface area contributed by atoms with Gasteiger partial charge in [-0.25, -0.2) is 0 Å². The molecule has 0 saturated heterocycles. The van der Waals surface area contributed by atoms with Gasteiger partial charge in [-0.05, 0) is 170 Å². The second-order valence-electron chi connectivity index (χ2n) is 19.8. The quantitative estimate of drug-likeness (QED) is 0.127. The first-order valence-electron chi connectivity index (χ1n) is 25.2. The Morgan fingerprint density at radius 2 is 0.704 bits per heavy atom. The second-order valence-corrected chi connectivity index (χ2v) is 19.8. The molecule has 0 radical (unpaired) electrons. The number of fused-ring (bicyclic) bond motifs is 6. The van der Waals surface area contributed by atoms with E-state index in [1.807, 2.05) is 0 Å². The average Bonchev–Trinajstić information content (AvgIpc) is 3.72. The van der Waals surface area contributed by atoms with Crippen LogP contribution in [-0.4, -0.2) is 0 Å². The average molecular weight is 905 g/mol. The monoisotopic (exact) mass is 904 g/mol. The van der Waals surface area contributed by atoms with E-state index in [4.69, 9.17) is 0 Å². The van der Waals surface area contributed by atoms with Gasteiger partial charge in [-0.1, -0.05) is 244 Å². The Labute approximate surface area is 417 Å². The summed E-state index contributed by atoms with van der Waals surface area (Å²) in [4.78, 5) is 0. The van der Waals surface area contributed by atoms with Crippen LogP contribution in [0.25, 0.3) is 110 Å².